The normalized spacial score (nSPS) is 18.0. The molecule has 2 N–H and O–H groups in total. The summed E-state index contributed by atoms with van der Waals surface area (Å²) in [6, 6.07) is 14.6. The minimum atomic E-state index is -0.400. The fourth-order valence-corrected chi connectivity index (χ4v) is 3.31. The minimum absolute atomic E-state index is 0.0783. The Balaban J connectivity index is 1.77. The van der Waals surface area contributed by atoms with Crippen molar-refractivity contribution in [3.63, 3.8) is 0 Å². The Hall–Kier alpha value is -3.09. The maximum absolute atomic E-state index is 10.8. The maximum Gasteiger partial charge on any atom is 0.269 e. The van der Waals surface area contributed by atoms with Crippen LogP contribution in [-0.2, 0) is 6.54 Å². The molecule has 0 fully saturated rings. The molecule has 0 saturated carbocycles. The van der Waals surface area contributed by atoms with Crippen LogP contribution in [-0.4, -0.2) is 23.0 Å². The number of nitrogens with zero attached hydrogens (tertiary/aromatic N) is 2. The second-order valence-electron chi connectivity index (χ2n) is 7.42. The minimum Gasteiger partial charge on any atom is -0.487 e. The van der Waals surface area contributed by atoms with Gasteiger partial charge < -0.3 is 15.4 Å². The fourth-order valence-electron chi connectivity index (χ4n) is 3.31. The molecule has 1 heterocycles. The highest BCUT2D eigenvalue weighted by Gasteiger charge is 2.33. The molecule has 0 saturated heterocycles. The molecule has 1 atom stereocenters. The number of fused-ring (bicyclic) bond motifs is 1. The number of rotatable bonds is 5. The Kier molecular flexibility index (Phi) is 5.82. The summed E-state index contributed by atoms with van der Waals surface area (Å²) in [6.45, 7) is 7.35. The summed E-state index contributed by atoms with van der Waals surface area (Å²) < 4.78 is 6.10. The lowest BCUT2D eigenvalue weighted by atomic mass is 9.90. The smallest absolute Gasteiger partial charge is 0.269 e. The SMILES string of the molecule is CCNC(=NCc1ccc([N+](=O)[O-])cc1)NC1CC(C)(C)Oc2ccccc21. The van der Waals surface area contributed by atoms with Gasteiger partial charge >= 0.3 is 0 Å². The number of nitro groups is 1. The molecule has 0 spiro atoms. The highest BCUT2D eigenvalue weighted by atomic mass is 16.6. The van der Waals surface area contributed by atoms with Crippen LogP contribution in [0.25, 0.3) is 0 Å². The largest absolute Gasteiger partial charge is 0.487 e. The average molecular weight is 382 g/mol. The molecule has 0 radical (unpaired) electrons. The number of ether oxygens (including phenoxy) is 1. The predicted molar refractivity (Wildman–Crippen MR) is 110 cm³/mol. The van der Waals surface area contributed by atoms with Crippen molar-refractivity contribution in [3.8, 4) is 5.75 Å². The number of nitro benzene ring substituents is 1. The van der Waals surface area contributed by atoms with Crippen LogP contribution in [0.4, 0.5) is 5.69 Å². The molecule has 7 nitrogen and oxygen atoms in total. The van der Waals surface area contributed by atoms with Gasteiger partial charge in [-0.05, 0) is 32.4 Å². The Morgan fingerprint density at radius 2 is 1.96 bits per heavy atom. The number of benzene rings is 2. The quantitative estimate of drug-likeness (QED) is 0.354. The van der Waals surface area contributed by atoms with Gasteiger partial charge in [-0.25, -0.2) is 4.99 Å². The van der Waals surface area contributed by atoms with Crippen LogP contribution in [0.3, 0.4) is 0 Å². The first-order valence-corrected chi connectivity index (χ1v) is 9.44. The zero-order valence-electron chi connectivity index (χ0n) is 16.4. The maximum atomic E-state index is 10.8. The van der Waals surface area contributed by atoms with Crippen molar-refractivity contribution in [2.75, 3.05) is 6.54 Å². The van der Waals surface area contributed by atoms with Crippen LogP contribution in [0, 0.1) is 10.1 Å². The Morgan fingerprint density at radius 3 is 2.64 bits per heavy atom. The molecule has 2 aromatic carbocycles. The fraction of sp³-hybridized carbons (Fsp3) is 0.381. The second-order valence-corrected chi connectivity index (χ2v) is 7.42. The molecular weight excluding hydrogens is 356 g/mol. The van der Waals surface area contributed by atoms with Crippen LogP contribution in [0.15, 0.2) is 53.5 Å². The summed E-state index contributed by atoms with van der Waals surface area (Å²) in [4.78, 5) is 15.0. The first kappa shape index (κ1) is 19.7. The molecule has 28 heavy (non-hydrogen) atoms. The monoisotopic (exact) mass is 382 g/mol. The third kappa shape index (κ3) is 4.79. The van der Waals surface area contributed by atoms with E-state index in [1.54, 1.807) is 12.1 Å². The van der Waals surface area contributed by atoms with Gasteiger partial charge in [-0.2, -0.15) is 0 Å². The molecule has 0 bridgehead atoms. The molecule has 1 unspecified atom stereocenters. The molecule has 2 aromatic rings. The molecule has 7 heteroatoms. The van der Waals surface area contributed by atoms with Crippen LogP contribution in [0.2, 0.25) is 0 Å². The van der Waals surface area contributed by atoms with E-state index >= 15 is 0 Å². The Labute approximate surface area is 165 Å². The highest BCUT2D eigenvalue weighted by Crippen LogP contribution is 2.39. The van der Waals surface area contributed by atoms with Crippen molar-refractivity contribution in [2.24, 2.45) is 4.99 Å². The van der Waals surface area contributed by atoms with Crippen LogP contribution < -0.4 is 15.4 Å². The van der Waals surface area contributed by atoms with Gasteiger partial charge in [0.1, 0.15) is 11.4 Å². The Bertz CT molecular complexity index is 862. The van der Waals surface area contributed by atoms with Gasteiger partial charge in [0.05, 0.1) is 17.5 Å². The average Bonchev–Trinajstić information content (AvgIpc) is 2.65. The van der Waals surface area contributed by atoms with E-state index in [0.717, 1.165) is 29.8 Å². The van der Waals surface area contributed by atoms with E-state index in [0.29, 0.717) is 12.5 Å². The molecule has 1 aliphatic heterocycles. The van der Waals surface area contributed by atoms with Gasteiger partial charge in [-0.15, -0.1) is 0 Å². The van der Waals surface area contributed by atoms with E-state index in [9.17, 15) is 10.1 Å². The molecule has 1 aliphatic rings. The Morgan fingerprint density at radius 1 is 1.25 bits per heavy atom. The predicted octanol–water partition coefficient (Wildman–Crippen LogP) is 3.95. The van der Waals surface area contributed by atoms with E-state index in [4.69, 9.17) is 4.74 Å². The van der Waals surface area contributed by atoms with Crippen molar-refractivity contribution < 1.29 is 9.66 Å². The summed E-state index contributed by atoms with van der Waals surface area (Å²) in [5.41, 5.74) is 1.83. The number of guanidine groups is 1. The van der Waals surface area contributed by atoms with Crippen molar-refractivity contribution in [1.29, 1.82) is 0 Å². The van der Waals surface area contributed by atoms with Gasteiger partial charge in [0, 0.05) is 30.7 Å². The van der Waals surface area contributed by atoms with Gasteiger partial charge in [0.15, 0.2) is 5.96 Å². The summed E-state index contributed by atoms with van der Waals surface area (Å²) in [5, 5.41) is 17.6. The van der Waals surface area contributed by atoms with E-state index in [-0.39, 0.29) is 17.3 Å². The number of hydrogen-bond acceptors (Lipinski definition) is 4. The molecule has 3 rings (SSSR count). The van der Waals surface area contributed by atoms with Gasteiger partial charge in [-0.3, -0.25) is 10.1 Å². The van der Waals surface area contributed by atoms with Crippen LogP contribution in [0.1, 0.15) is 44.4 Å². The molecule has 148 valence electrons. The van der Waals surface area contributed by atoms with E-state index in [2.05, 4.69) is 35.5 Å². The van der Waals surface area contributed by atoms with E-state index in [1.165, 1.54) is 12.1 Å². The topological polar surface area (TPSA) is 88.8 Å². The van der Waals surface area contributed by atoms with Gasteiger partial charge in [0.25, 0.3) is 5.69 Å². The van der Waals surface area contributed by atoms with E-state index < -0.39 is 4.92 Å². The van der Waals surface area contributed by atoms with E-state index in [1.807, 2.05) is 25.1 Å². The molecular formula is C21H26N4O3. The number of hydrogen-bond donors (Lipinski definition) is 2. The van der Waals surface area contributed by atoms with Gasteiger partial charge in [0.2, 0.25) is 0 Å². The lowest BCUT2D eigenvalue weighted by Crippen LogP contribution is -2.45. The molecule has 0 aromatic heterocycles. The lowest BCUT2D eigenvalue weighted by Gasteiger charge is -2.38. The summed E-state index contributed by atoms with van der Waals surface area (Å²) in [6.07, 6.45) is 0.811. The van der Waals surface area contributed by atoms with Crippen molar-refractivity contribution in [3.05, 3.63) is 69.8 Å². The molecule has 0 aliphatic carbocycles. The first-order valence-electron chi connectivity index (χ1n) is 9.44. The van der Waals surface area contributed by atoms with Crippen LogP contribution >= 0.6 is 0 Å². The zero-order valence-corrected chi connectivity index (χ0v) is 16.4. The van der Waals surface area contributed by atoms with Crippen molar-refractivity contribution in [2.45, 2.75) is 45.4 Å². The number of aliphatic imine (C=N–C) groups is 1. The third-order valence-electron chi connectivity index (χ3n) is 4.60. The molecule has 0 amide bonds. The summed E-state index contributed by atoms with van der Waals surface area (Å²) >= 11 is 0. The third-order valence-corrected chi connectivity index (χ3v) is 4.60. The van der Waals surface area contributed by atoms with Gasteiger partial charge in [-0.1, -0.05) is 30.3 Å². The number of para-hydroxylation sites is 1. The van der Waals surface area contributed by atoms with Crippen molar-refractivity contribution in [1.82, 2.24) is 10.6 Å². The first-order chi connectivity index (χ1) is 13.4. The number of nitrogens with one attached hydrogen (secondary N) is 2. The summed E-state index contributed by atoms with van der Waals surface area (Å²) in [7, 11) is 0. The highest BCUT2D eigenvalue weighted by molar-refractivity contribution is 5.80. The lowest BCUT2D eigenvalue weighted by molar-refractivity contribution is -0.384. The standard InChI is InChI=1S/C21H26N4O3/c1-4-22-20(23-14-15-9-11-16(12-10-15)25(26)27)24-18-13-21(2,3)28-19-8-6-5-7-17(18)19/h5-12,18H,4,13-14H2,1-3H3,(H2,22,23,24). The van der Waals surface area contributed by atoms with Crippen molar-refractivity contribution >= 4 is 11.6 Å². The zero-order chi connectivity index (χ0) is 20.1. The number of non-ortho nitro benzene ring substituents is 1. The second kappa shape index (κ2) is 8.29. The summed E-state index contributed by atoms with van der Waals surface area (Å²) in [5.74, 6) is 1.60. The van der Waals surface area contributed by atoms with Crippen LogP contribution in [0.5, 0.6) is 5.75 Å².